The molecule has 0 bridgehead atoms. The van der Waals surface area contributed by atoms with Gasteiger partial charge >= 0.3 is 5.97 Å². The minimum absolute atomic E-state index is 0.0973. The van der Waals surface area contributed by atoms with Gasteiger partial charge < -0.3 is 4.74 Å². The van der Waals surface area contributed by atoms with E-state index in [1.807, 2.05) is 0 Å². The monoisotopic (exact) mass is 623 g/mol. The molecule has 0 N–H and O–H groups in total. The summed E-state index contributed by atoms with van der Waals surface area (Å²) < 4.78 is 5.27. The molecule has 1 atom stereocenters. The summed E-state index contributed by atoms with van der Waals surface area (Å²) in [6.07, 6.45) is 39.7. The summed E-state index contributed by atoms with van der Waals surface area (Å²) in [7, 11) is 0. The first-order chi connectivity index (χ1) is 21.5. The van der Waals surface area contributed by atoms with E-state index in [9.17, 15) is 9.59 Å². The minimum atomic E-state index is -0.0973. The number of Topliss-reactive ketones (excluding diaryl/α,β-unsaturated/α-hetero) is 1. The van der Waals surface area contributed by atoms with Crippen LogP contribution in [0, 0.1) is 5.92 Å². The Bertz CT molecular complexity index is 558. The molecule has 0 amide bonds. The zero-order valence-corrected chi connectivity index (χ0v) is 31.1. The van der Waals surface area contributed by atoms with Gasteiger partial charge in [0, 0.05) is 19.3 Å². The van der Waals surface area contributed by atoms with Gasteiger partial charge in [0.05, 0.1) is 6.61 Å². The van der Waals surface area contributed by atoms with Crippen LogP contribution < -0.4 is 0 Å². The maximum Gasteiger partial charge on any atom is 0.305 e. The fourth-order valence-corrected chi connectivity index (χ4v) is 6.02. The average Bonchev–Trinajstić information content (AvgIpc) is 3.03. The number of hydrogen-bond acceptors (Lipinski definition) is 3. The van der Waals surface area contributed by atoms with Gasteiger partial charge in [-0.15, -0.1) is 0 Å². The van der Waals surface area contributed by atoms with Crippen molar-refractivity contribution in [1.82, 2.24) is 0 Å². The van der Waals surface area contributed by atoms with E-state index in [0.717, 1.165) is 38.0 Å². The number of carbonyl (C=O) groups is 2. The Morgan fingerprint density at radius 3 is 1.25 bits per heavy atom. The Morgan fingerprint density at radius 1 is 0.409 bits per heavy atom. The number of ketones is 1. The molecule has 44 heavy (non-hydrogen) atoms. The molecule has 0 saturated heterocycles. The van der Waals surface area contributed by atoms with Gasteiger partial charge in [-0.3, -0.25) is 9.59 Å². The van der Waals surface area contributed by atoms with Crippen LogP contribution in [-0.4, -0.2) is 18.4 Å². The van der Waals surface area contributed by atoms with Crippen molar-refractivity contribution in [3.8, 4) is 0 Å². The van der Waals surface area contributed by atoms with Crippen molar-refractivity contribution in [2.24, 2.45) is 5.92 Å². The summed E-state index contributed by atoms with van der Waals surface area (Å²) >= 11 is 0. The quantitative estimate of drug-likeness (QED) is 0.0529. The Hall–Kier alpha value is -0.860. The van der Waals surface area contributed by atoms with E-state index in [-0.39, 0.29) is 5.97 Å². The van der Waals surface area contributed by atoms with Gasteiger partial charge in [-0.1, -0.05) is 195 Å². The molecule has 0 aliphatic carbocycles. The van der Waals surface area contributed by atoms with Crippen LogP contribution >= 0.6 is 0 Å². The molecule has 0 aliphatic rings. The average molecular weight is 623 g/mol. The number of carbonyl (C=O) groups excluding carboxylic acids is 2. The second-order valence-electron chi connectivity index (χ2n) is 13.6. The van der Waals surface area contributed by atoms with Gasteiger partial charge in [0.2, 0.25) is 0 Å². The summed E-state index contributed by atoms with van der Waals surface area (Å²) in [6.45, 7) is 12.0. The summed E-state index contributed by atoms with van der Waals surface area (Å²) in [5, 5.41) is 0. The minimum Gasteiger partial charge on any atom is -0.466 e. The number of rotatable bonds is 34. The van der Waals surface area contributed by atoms with Crippen LogP contribution in [0.1, 0.15) is 240 Å². The SMILES string of the molecule is CCCCCCCCCCCCC(CC)CCC.CCCCCCCCCCOC(=O)CCCCC(=O)CCCCCCC. The highest BCUT2D eigenvalue weighted by Crippen LogP contribution is 2.20. The van der Waals surface area contributed by atoms with E-state index in [0.29, 0.717) is 31.7 Å². The Morgan fingerprint density at radius 2 is 0.795 bits per heavy atom. The molecule has 0 radical (unpaired) electrons. The molecule has 3 nitrogen and oxygen atoms in total. The number of esters is 1. The van der Waals surface area contributed by atoms with Crippen molar-refractivity contribution < 1.29 is 14.3 Å². The van der Waals surface area contributed by atoms with Crippen molar-refractivity contribution >= 4 is 11.8 Å². The molecule has 0 aliphatic heterocycles. The van der Waals surface area contributed by atoms with Crippen LogP contribution in [0.2, 0.25) is 0 Å². The number of unbranched alkanes of at least 4 members (excludes halogenated alkanes) is 21. The van der Waals surface area contributed by atoms with Crippen LogP contribution in [-0.2, 0) is 14.3 Å². The molecule has 264 valence electrons. The first kappa shape index (κ1) is 45.3. The van der Waals surface area contributed by atoms with Crippen molar-refractivity contribution in [3.05, 3.63) is 0 Å². The third kappa shape index (κ3) is 39.2. The second-order valence-corrected chi connectivity index (χ2v) is 13.6. The predicted molar refractivity (Wildman–Crippen MR) is 196 cm³/mol. The van der Waals surface area contributed by atoms with Crippen molar-refractivity contribution in [2.75, 3.05) is 6.61 Å². The molecular formula is C41H82O3. The van der Waals surface area contributed by atoms with Gasteiger partial charge in [-0.2, -0.15) is 0 Å². The van der Waals surface area contributed by atoms with Crippen LogP contribution in [0.25, 0.3) is 0 Å². The molecule has 0 aromatic carbocycles. The fraction of sp³-hybridized carbons (Fsp3) is 0.951. The smallest absolute Gasteiger partial charge is 0.305 e. The Labute approximate surface area is 278 Å². The van der Waals surface area contributed by atoms with Crippen LogP contribution in [0.3, 0.4) is 0 Å². The maximum atomic E-state index is 11.8. The van der Waals surface area contributed by atoms with Crippen LogP contribution in [0.5, 0.6) is 0 Å². The first-order valence-electron chi connectivity index (χ1n) is 20.2. The molecular weight excluding hydrogens is 540 g/mol. The van der Waals surface area contributed by atoms with E-state index in [1.54, 1.807) is 0 Å². The Kier molecular flexibility index (Phi) is 41.3. The fourth-order valence-electron chi connectivity index (χ4n) is 6.02. The Balaban J connectivity index is 0. The highest BCUT2D eigenvalue weighted by molar-refractivity contribution is 5.78. The highest BCUT2D eigenvalue weighted by atomic mass is 16.5. The van der Waals surface area contributed by atoms with Gasteiger partial charge in [-0.25, -0.2) is 0 Å². The predicted octanol–water partition coefficient (Wildman–Crippen LogP) is 14.3. The number of hydrogen-bond donors (Lipinski definition) is 0. The molecule has 0 spiro atoms. The topological polar surface area (TPSA) is 43.4 Å². The van der Waals surface area contributed by atoms with E-state index < -0.39 is 0 Å². The third-order valence-electron chi connectivity index (χ3n) is 9.15. The van der Waals surface area contributed by atoms with Gasteiger partial charge in [0.1, 0.15) is 5.78 Å². The molecule has 1 unspecified atom stereocenters. The summed E-state index contributed by atoms with van der Waals surface area (Å²) in [5.41, 5.74) is 0. The zero-order valence-electron chi connectivity index (χ0n) is 31.1. The molecule has 0 heterocycles. The van der Waals surface area contributed by atoms with Gasteiger partial charge in [-0.05, 0) is 31.6 Å². The highest BCUT2D eigenvalue weighted by Gasteiger charge is 2.06. The van der Waals surface area contributed by atoms with Crippen molar-refractivity contribution in [2.45, 2.75) is 240 Å². The lowest BCUT2D eigenvalue weighted by atomic mass is 9.94. The summed E-state index contributed by atoms with van der Waals surface area (Å²) in [4.78, 5) is 23.4. The van der Waals surface area contributed by atoms with Crippen molar-refractivity contribution in [1.29, 1.82) is 0 Å². The molecule has 3 heteroatoms. The van der Waals surface area contributed by atoms with Crippen molar-refractivity contribution in [3.63, 3.8) is 0 Å². The normalized spacial score (nSPS) is 11.7. The van der Waals surface area contributed by atoms with E-state index in [2.05, 4.69) is 34.6 Å². The lowest BCUT2D eigenvalue weighted by Crippen LogP contribution is -2.06. The molecule has 0 saturated carbocycles. The molecule has 0 fully saturated rings. The first-order valence-corrected chi connectivity index (χ1v) is 20.2. The van der Waals surface area contributed by atoms with Crippen LogP contribution in [0.4, 0.5) is 0 Å². The largest absolute Gasteiger partial charge is 0.466 e. The van der Waals surface area contributed by atoms with Gasteiger partial charge in [0.25, 0.3) is 0 Å². The molecule has 0 aromatic heterocycles. The van der Waals surface area contributed by atoms with E-state index >= 15 is 0 Å². The van der Waals surface area contributed by atoms with E-state index in [4.69, 9.17) is 4.74 Å². The molecule has 0 rings (SSSR count). The maximum absolute atomic E-state index is 11.8. The summed E-state index contributed by atoms with van der Waals surface area (Å²) in [5.74, 6) is 1.28. The standard InChI is InChI=1S/C23H44O3.C18H38/c1-3-5-7-9-10-11-13-17-21-26-23(25)20-16-15-19-22(24)18-14-12-8-6-4-2;1-4-7-8-9-10-11-12-13-14-15-17-18(6-3)16-5-2/h3-21H2,1-2H3;18H,4-17H2,1-3H3. The van der Waals surface area contributed by atoms with E-state index in [1.165, 1.54) is 154 Å². The lowest BCUT2D eigenvalue weighted by Gasteiger charge is -2.12. The zero-order chi connectivity index (χ0) is 32.8. The van der Waals surface area contributed by atoms with Gasteiger partial charge in [0.15, 0.2) is 0 Å². The number of ether oxygens (including phenoxy) is 1. The summed E-state index contributed by atoms with van der Waals surface area (Å²) in [6, 6.07) is 0. The lowest BCUT2D eigenvalue weighted by molar-refractivity contribution is -0.144. The van der Waals surface area contributed by atoms with Crippen LogP contribution in [0.15, 0.2) is 0 Å². The second kappa shape index (κ2) is 40.2. The third-order valence-corrected chi connectivity index (χ3v) is 9.15. The molecule has 0 aromatic rings.